The summed E-state index contributed by atoms with van der Waals surface area (Å²) in [5.41, 5.74) is 0.260. The number of fused-ring (bicyclic) bond motifs is 1. The van der Waals surface area contributed by atoms with Crippen LogP contribution in [0.3, 0.4) is 0 Å². The third-order valence-electron chi connectivity index (χ3n) is 6.30. The molecule has 0 bridgehead atoms. The Hall–Kier alpha value is -2.94. The number of carbonyl (C=O) groups is 4. The molecule has 9 heteroatoms. The van der Waals surface area contributed by atoms with Gasteiger partial charge in [-0.1, -0.05) is 12.1 Å². The molecule has 0 spiro atoms. The van der Waals surface area contributed by atoms with E-state index in [0.29, 0.717) is 43.5 Å². The van der Waals surface area contributed by atoms with E-state index < -0.39 is 23.2 Å². The Morgan fingerprint density at radius 1 is 1.19 bits per heavy atom. The van der Waals surface area contributed by atoms with E-state index in [1.54, 1.807) is 17.0 Å². The summed E-state index contributed by atoms with van der Waals surface area (Å²) < 4.78 is 5.42. The predicted octanol–water partition coefficient (Wildman–Crippen LogP) is 1.67. The molecular formula is C23H29N3O6. The van der Waals surface area contributed by atoms with Gasteiger partial charge < -0.3 is 19.6 Å². The molecule has 172 valence electrons. The Labute approximate surface area is 186 Å². The molecule has 32 heavy (non-hydrogen) atoms. The van der Waals surface area contributed by atoms with Gasteiger partial charge in [0.2, 0.25) is 11.8 Å². The van der Waals surface area contributed by atoms with Crippen LogP contribution < -0.4 is 5.32 Å². The lowest BCUT2D eigenvalue weighted by Gasteiger charge is -2.39. The second kappa shape index (κ2) is 7.88. The monoisotopic (exact) mass is 443 g/mol. The van der Waals surface area contributed by atoms with Crippen LogP contribution in [0.25, 0.3) is 0 Å². The van der Waals surface area contributed by atoms with Gasteiger partial charge in [0.25, 0.3) is 5.91 Å². The van der Waals surface area contributed by atoms with Crippen LogP contribution in [-0.4, -0.2) is 63.5 Å². The number of aliphatic hydroxyl groups is 1. The number of ether oxygens (including phenoxy) is 1. The summed E-state index contributed by atoms with van der Waals surface area (Å²) in [6, 6.07) is 4.59. The smallest absolute Gasteiger partial charge is 0.410 e. The largest absolute Gasteiger partial charge is 0.444 e. The van der Waals surface area contributed by atoms with E-state index in [4.69, 9.17) is 4.74 Å². The van der Waals surface area contributed by atoms with E-state index in [9.17, 15) is 24.3 Å². The Bertz CT molecular complexity index is 974. The van der Waals surface area contributed by atoms with Crippen LogP contribution in [0.1, 0.15) is 67.9 Å². The summed E-state index contributed by atoms with van der Waals surface area (Å²) in [5.74, 6) is -1.01. The van der Waals surface area contributed by atoms with E-state index >= 15 is 0 Å². The van der Waals surface area contributed by atoms with Crippen molar-refractivity contribution in [3.8, 4) is 0 Å². The number of imide groups is 1. The summed E-state index contributed by atoms with van der Waals surface area (Å²) in [6.07, 6.45) is 0.835. The first-order valence-corrected chi connectivity index (χ1v) is 11.0. The van der Waals surface area contributed by atoms with Crippen LogP contribution in [0.5, 0.6) is 0 Å². The number of hydrogen-bond donors (Lipinski definition) is 2. The molecule has 9 nitrogen and oxygen atoms in total. The van der Waals surface area contributed by atoms with Crippen molar-refractivity contribution in [3.05, 3.63) is 34.9 Å². The van der Waals surface area contributed by atoms with Crippen LogP contribution in [0.15, 0.2) is 18.2 Å². The first-order chi connectivity index (χ1) is 15.0. The van der Waals surface area contributed by atoms with Crippen molar-refractivity contribution < 1.29 is 29.0 Å². The maximum Gasteiger partial charge on any atom is 0.410 e. The second-order valence-corrected chi connectivity index (χ2v) is 9.77. The molecule has 1 unspecified atom stereocenters. The van der Waals surface area contributed by atoms with Crippen molar-refractivity contribution >= 4 is 23.8 Å². The summed E-state index contributed by atoms with van der Waals surface area (Å²) in [4.78, 5) is 51.9. The molecule has 0 aliphatic carbocycles. The fourth-order valence-corrected chi connectivity index (χ4v) is 4.54. The average Bonchev–Trinajstić information content (AvgIpc) is 3.03. The van der Waals surface area contributed by atoms with Crippen LogP contribution in [-0.2, 0) is 26.5 Å². The minimum Gasteiger partial charge on any atom is -0.444 e. The van der Waals surface area contributed by atoms with Crippen LogP contribution >= 0.6 is 0 Å². The van der Waals surface area contributed by atoms with Crippen molar-refractivity contribution in [2.24, 2.45) is 0 Å². The number of likely N-dealkylation sites (tertiary alicyclic amines) is 1. The minimum atomic E-state index is -1.11. The fraction of sp³-hybridized carbons (Fsp3) is 0.565. The number of nitrogens with zero attached hydrogens (tertiary/aromatic N) is 2. The van der Waals surface area contributed by atoms with Gasteiger partial charge in [-0.3, -0.25) is 19.7 Å². The molecule has 4 rings (SSSR count). The number of amides is 4. The standard InChI is InChI=1S/C23H29N3O6/c1-22(2,3)32-21(30)25-10-8-23(31,9-11-25)15-4-5-16-14(12-15)13-26(20(16)29)17-6-7-18(27)24-19(17)28/h4-5,12,17,31H,6-11,13H2,1-3H3,(H,24,27,28). The van der Waals surface area contributed by atoms with Gasteiger partial charge >= 0.3 is 6.09 Å². The molecule has 0 radical (unpaired) electrons. The highest BCUT2D eigenvalue weighted by atomic mass is 16.6. The molecular weight excluding hydrogens is 414 g/mol. The third-order valence-corrected chi connectivity index (χ3v) is 6.30. The van der Waals surface area contributed by atoms with Gasteiger partial charge in [0.05, 0.1) is 5.60 Å². The average molecular weight is 444 g/mol. The van der Waals surface area contributed by atoms with Gasteiger partial charge in [0.1, 0.15) is 11.6 Å². The number of carbonyl (C=O) groups excluding carboxylic acids is 4. The molecule has 0 saturated carbocycles. The van der Waals surface area contributed by atoms with Crippen molar-refractivity contribution in [2.45, 2.75) is 70.2 Å². The molecule has 1 atom stereocenters. The minimum absolute atomic E-state index is 0.204. The highest BCUT2D eigenvalue weighted by Gasteiger charge is 2.41. The van der Waals surface area contributed by atoms with E-state index in [1.165, 1.54) is 4.90 Å². The van der Waals surface area contributed by atoms with Crippen molar-refractivity contribution in [1.29, 1.82) is 0 Å². The van der Waals surface area contributed by atoms with E-state index in [2.05, 4.69) is 5.32 Å². The van der Waals surface area contributed by atoms with Gasteiger partial charge in [0.15, 0.2) is 0 Å². The maximum absolute atomic E-state index is 12.9. The summed E-state index contributed by atoms with van der Waals surface area (Å²) in [7, 11) is 0. The molecule has 2 saturated heterocycles. The maximum atomic E-state index is 12.9. The highest BCUT2D eigenvalue weighted by molar-refractivity contribution is 6.05. The van der Waals surface area contributed by atoms with Crippen LogP contribution in [0.2, 0.25) is 0 Å². The summed E-state index contributed by atoms with van der Waals surface area (Å²) in [6.45, 7) is 6.43. The SMILES string of the molecule is CC(C)(C)OC(=O)N1CCC(O)(c2ccc3c(c2)CN(C2CCC(=O)NC2=O)C3=O)CC1. The van der Waals surface area contributed by atoms with Gasteiger partial charge in [-0.05, 0) is 57.2 Å². The van der Waals surface area contributed by atoms with Gasteiger partial charge in [-0.25, -0.2) is 4.79 Å². The summed E-state index contributed by atoms with van der Waals surface area (Å²) >= 11 is 0. The Morgan fingerprint density at radius 2 is 1.88 bits per heavy atom. The number of rotatable bonds is 2. The first kappa shape index (κ1) is 22.3. The zero-order chi connectivity index (χ0) is 23.3. The molecule has 2 fully saturated rings. The molecule has 1 aromatic rings. The van der Waals surface area contributed by atoms with Crippen LogP contribution in [0.4, 0.5) is 4.79 Å². The van der Waals surface area contributed by atoms with Crippen LogP contribution in [0, 0.1) is 0 Å². The predicted molar refractivity (Wildman–Crippen MR) is 113 cm³/mol. The summed E-state index contributed by atoms with van der Waals surface area (Å²) in [5, 5.41) is 13.6. The molecule has 3 heterocycles. The Kier molecular flexibility index (Phi) is 5.48. The van der Waals surface area contributed by atoms with E-state index in [1.807, 2.05) is 26.8 Å². The van der Waals surface area contributed by atoms with Crippen molar-refractivity contribution in [3.63, 3.8) is 0 Å². The molecule has 1 aromatic carbocycles. The normalized spacial score (nSPS) is 23.1. The number of benzene rings is 1. The third kappa shape index (κ3) is 4.21. The number of hydrogen-bond acceptors (Lipinski definition) is 6. The lowest BCUT2D eigenvalue weighted by Crippen LogP contribution is -2.52. The lowest BCUT2D eigenvalue weighted by molar-refractivity contribution is -0.136. The van der Waals surface area contributed by atoms with Crippen molar-refractivity contribution in [2.75, 3.05) is 13.1 Å². The second-order valence-electron chi connectivity index (χ2n) is 9.77. The van der Waals surface area contributed by atoms with Gasteiger partial charge in [-0.2, -0.15) is 0 Å². The zero-order valence-electron chi connectivity index (χ0n) is 18.6. The molecule has 3 aliphatic heterocycles. The quantitative estimate of drug-likeness (QED) is 0.672. The van der Waals surface area contributed by atoms with Gasteiger partial charge in [0, 0.05) is 31.6 Å². The number of piperidine rings is 2. The molecule has 4 amide bonds. The van der Waals surface area contributed by atoms with E-state index in [-0.39, 0.29) is 30.9 Å². The fourth-order valence-electron chi connectivity index (χ4n) is 4.54. The molecule has 2 N–H and O–H groups in total. The lowest BCUT2D eigenvalue weighted by atomic mass is 9.83. The molecule has 0 aromatic heterocycles. The topological polar surface area (TPSA) is 116 Å². The van der Waals surface area contributed by atoms with Gasteiger partial charge in [-0.15, -0.1) is 0 Å². The van der Waals surface area contributed by atoms with Crippen molar-refractivity contribution in [1.82, 2.24) is 15.1 Å². The highest BCUT2D eigenvalue weighted by Crippen LogP contribution is 2.36. The zero-order valence-corrected chi connectivity index (χ0v) is 18.6. The number of nitrogens with one attached hydrogen (secondary N) is 1. The Balaban J connectivity index is 1.46. The first-order valence-electron chi connectivity index (χ1n) is 11.0. The molecule has 3 aliphatic rings. The Morgan fingerprint density at radius 3 is 2.50 bits per heavy atom. The van der Waals surface area contributed by atoms with E-state index in [0.717, 1.165) is 5.56 Å².